The number of aromatic nitrogens is 1. The Morgan fingerprint density at radius 2 is 2.09 bits per heavy atom. The van der Waals surface area contributed by atoms with Crippen molar-refractivity contribution >= 4 is 5.71 Å². The van der Waals surface area contributed by atoms with Gasteiger partial charge in [-0.15, -0.1) is 0 Å². The Morgan fingerprint density at radius 1 is 1.45 bits per heavy atom. The zero-order valence-electron chi connectivity index (χ0n) is 6.61. The van der Waals surface area contributed by atoms with Crippen molar-refractivity contribution in [1.82, 2.24) is 4.98 Å². The average molecular weight is 150 g/mol. The van der Waals surface area contributed by atoms with Crippen molar-refractivity contribution in [3.8, 4) is 0 Å². The summed E-state index contributed by atoms with van der Waals surface area (Å²) in [6.45, 7) is 1.89. The van der Waals surface area contributed by atoms with E-state index in [-0.39, 0.29) is 0 Å². The van der Waals surface area contributed by atoms with Crippen molar-refractivity contribution in [2.24, 2.45) is 5.16 Å². The summed E-state index contributed by atoms with van der Waals surface area (Å²) < 4.78 is 0. The molecule has 11 heavy (non-hydrogen) atoms. The van der Waals surface area contributed by atoms with Crippen LogP contribution in [0.15, 0.2) is 29.7 Å². The standard InChI is InChI=1S/C8H10N2O/c1-7(10-11-2)8-3-5-9-6-4-8/h3-6H,1-2H3. The minimum atomic E-state index is 0.856. The summed E-state index contributed by atoms with van der Waals surface area (Å²) >= 11 is 0. The number of hydrogen-bond donors (Lipinski definition) is 0. The van der Waals surface area contributed by atoms with Crippen LogP contribution in [-0.4, -0.2) is 17.8 Å². The van der Waals surface area contributed by atoms with Gasteiger partial charge in [-0.05, 0) is 19.1 Å². The maximum atomic E-state index is 4.63. The number of hydrogen-bond acceptors (Lipinski definition) is 3. The molecule has 0 saturated carbocycles. The maximum Gasteiger partial charge on any atom is 0.106 e. The van der Waals surface area contributed by atoms with Gasteiger partial charge in [-0.1, -0.05) is 5.16 Å². The molecular weight excluding hydrogens is 140 g/mol. The van der Waals surface area contributed by atoms with E-state index in [1.807, 2.05) is 19.1 Å². The van der Waals surface area contributed by atoms with E-state index in [0.717, 1.165) is 11.3 Å². The molecule has 0 atom stereocenters. The number of oxime groups is 1. The minimum Gasteiger partial charge on any atom is -0.399 e. The van der Waals surface area contributed by atoms with Crippen LogP contribution in [0, 0.1) is 0 Å². The van der Waals surface area contributed by atoms with Gasteiger partial charge in [0.2, 0.25) is 0 Å². The van der Waals surface area contributed by atoms with Crippen molar-refractivity contribution in [3.63, 3.8) is 0 Å². The highest BCUT2D eigenvalue weighted by Crippen LogP contribution is 1.98. The van der Waals surface area contributed by atoms with Crippen molar-refractivity contribution in [2.75, 3.05) is 7.11 Å². The summed E-state index contributed by atoms with van der Waals surface area (Å²) in [6.07, 6.45) is 3.45. The molecule has 0 bridgehead atoms. The Kier molecular flexibility index (Phi) is 2.60. The van der Waals surface area contributed by atoms with E-state index in [4.69, 9.17) is 0 Å². The first kappa shape index (κ1) is 7.72. The molecule has 3 heteroatoms. The van der Waals surface area contributed by atoms with Gasteiger partial charge in [0, 0.05) is 18.0 Å². The first-order valence-electron chi connectivity index (χ1n) is 3.32. The molecule has 0 saturated heterocycles. The molecule has 0 N–H and O–H groups in total. The van der Waals surface area contributed by atoms with E-state index in [2.05, 4.69) is 15.0 Å². The highest BCUT2D eigenvalue weighted by Gasteiger charge is 1.94. The molecule has 0 spiro atoms. The Hall–Kier alpha value is -1.38. The van der Waals surface area contributed by atoms with Gasteiger partial charge >= 0.3 is 0 Å². The fraction of sp³-hybridized carbons (Fsp3) is 0.250. The SMILES string of the molecule is CON=C(C)c1ccncc1. The average Bonchev–Trinajstić information content (AvgIpc) is 2.07. The third kappa shape index (κ3) is 2.04. The van der Waals surface area contributed by atoms with Gasteiger partial charge in [-0.3, -0.25) is 4.98 Å². The quantitative estimate of drug-likeness (QED) is 0.472. The van der Waals surface area contributed by atoms with Gasteiger partial charge in [0.15, 0.2) is 0 Å². The van der Waals surface area contributed by atoms with Crippen LogP contribution >= 0.6 is 0 Å². The first-order valence-corrected chi connectivity index (χ1v) is 3.32. The molecule has 0 amide bonds. The van der Waals surface area contributed by atoms with Gasteiger partial charge in [0.05, 0.1) is 5.71 Å². The molecule has 0 aromatic carbocycles. The van der Waals surface area contributed by atoms with Crippen molar-refractivity contribution in [1.29, 1.82) is 0 Å². The Morgan fingerprint density at radius 3 is 2.64 bits per heavy atom. The van der Waals surface area contributed by atoms with Crippen LogP contribution in [0.25, 0.3) is 0 Å². The smallest absolute Gasteiger partial charge is 0.106 e. The number of pyridine rings is 1. The lowest BCUT2D eigenvalue weighted by Crippen LogP contribution is -1.94. The van der Waals surface area contributed by atoms with E-state index >= 15 is 0 Å². The first-order chi connectivity index (χ1) is 5.34. The van der Waals surface area contributed by atoms with Crippen LogP contribution in [0.5, 0.6) is 0 Å². The second kappa shape index (κ2) is 3.71. The van der Waals surface area contributed by atoms with Gasteiger partial charge in [0.1, 0.15) is 7.11 Å². The fourth-order valence-corrected chi connectivity index (χ4v) is 0.783. The molecule has 1 aromatic rings. The molecule has 1 rings (SSSR count). The Balaban J connectivity index is 2.85. The Bertz CT molecular complexity index is 244. The third-order valence-electron chi connectivity index (χ3n) is 1.33. The molecular formula is C8H10N2O. The molecule has 0 fully saturated rings. The highest BCUT2D eigenvalue weighted by molar-refractivity contribution is 5.98. The molecule has 0 unspecified atom stereocenters. The molecule has 0 aliphatic heterocycles. The third-order valence-corrected chi connectivity index (χ3v) is 1.33. The van der Waals surface area contributed by atoms with E-state index in [1.54, 1.807) is 12.4 Å². The van der Waals surface area contributed by atoms with Crippen LogP contribution in [0.4, 0.5) is 0 Å². The predicted octanol–water partition coefficient (Wildman–Crippen LogP) is 1.45. The second-order valence-corrected chi connectivity index (χ2v) is 2.10. The van der Waals surface area contributed by atoms with E-state index in [1.165, 1.54) is 7.11 Å². The van der Waals surface area contributed by atoms with E-state index in [9.17, 15) is 0 Å². The van der Waals surface area contributed by atoms with Crippen molar-refractivity contribution < 1.29 is 4.84 Å². The predicted molar refractivity (Wildman–Crippen MR) is 43.5 cm³/mol. The molecule has 0 aliphatic carbocycles. The summed E-state index contributed by atoms with van der Waals surface area (Å²) in [5.74, 6) is 0. The fourth-order valence-electron chi connectivity index (χ4n) is 0.783. The molecule has 1 heterocycles. The molecule has 1 aromatic heterocycles. The second-order valence-electron chi connectivity index (χ2n) is 2.10. The monoisotopic (exact) mass is 150 g/mol. The van der Waals surface area contributed by atoms with Crippen LogP contribution < -0.4 is 0 Å². The van der Waals surface area contributed by atoms with Crippen molar-refractivity contribution in [3.05, 3.63) is 30.1 Å². The molecule has 58 valence electrons. The number of rotatable bonds is 2. The molecule has 0 aliphatic rings. The van der Waals surface area contributed by atoms with Gasteiger partial charge in [-0.2, -0.15) is 0 Å². The topological polar surface area (TPSA) is 34.5 Å². The van der Waals surface area contributed by atoms with E-state index < -0.39 is 0 Å². The largest absolute Gasteiger partial charge is 0.399 e. The lowest BCUT2D eigenvalue weighted by Gasteiger charge is -1.96. The van der Waals surface area contributed by atoms with E-state index in [0.29, 0.717) is 0 Å². The lowest BCUT2D eigenvalue weighted by molar-refractivity contribution is 0.213. The molecule has 0 radical (unpaired) electrons. The summed E-state index contributed by atoms with van der Waals surface area (Å²) in [6, 6.07) is 3.77. The highest BCUT2D eigenvalue weighted by atomic mass is 16.6. The van der Waals surface area contributed by atoms with Gasteiger partial charge in [-0.25, -0.2) is 0 Å². The maximum absolute atomic E-state index is 4.63. The summed E-state index contributed by atoms with van der Waals surface area (Å²) in [7, 11) is 1.53. The molecule has 3 nitrogen and oxygen atoms in total. The minimum absolute atomic E-state index is 0.856. The summed E-state index contributed by atoms with van der Waals surface area (Å²) in [5.41, 5.74) is 1.89. The van der Waals surface area contributed by atoms with Crippen LogP contribution in [-0.2, 0) is 4.84 Å². The van der Waals surface area contributed by atoms with Gasteiger partial charge < -0.3 is 4.84 Å². The van der Waals surface area contributed by atoms with Crippen LogP contribution in [0.1, 0.15) is 12.5 Å². The van der Waals surface area contributed by atoms with Crippen LogP contribution in [0.3, 0.4) is 0 Å². The van der Waals surface area contributed by atoms with Gasteiger partial charge in [0.25, 0.3) is 0 Å². The summed E-state index contributed by atoms with van der Waals surface area (Å²) in [4.78, 5) is 8.52. The number of nitrogens with zero attached hydrogens (tertiary/aromatic N) is 2. The Labute approximate surface area is 65.7 Å². The summed E-state index contributed by atoms with van der Waals surface area (Å²) in [5, 5.41) is 3.78. The zero-order valence-corrected chi connectivity index (χ0v) is 6.61. The van der Waals surface area contributed by atoms with Crippen LogP contribution in [0.2, 0.25) is 0 Å². The zero-order chi connectivity index (χ0) is 8.10. The van der Waals surface area contributed by atoms with Crippen molar-refractivity contribution in [2.45, 2.75) is 6.92 Å². The lowest BCUT2D eigenvalue weighted by atomic mass is 10.2. The normalized spacial score (nSPS) is 11.3.